The molecule has 1 amide bonds. The summed E-state index contributed by atoms with van der Waals surface area (Å²) in [5.41, 5.74) is 0. The van der Waals surface area contributed by atoms with Crippen LogP contribution in [-0.2, 0) is 4.79 Å². The molecule has 0 aromatic rings. The van der Waals surface area contributed by atoms with E-state index in [4.69, 9.17) is 11.6 Å². The molecular formula is C10H16ClNO. The Labute approximate surface area is 84.9 Å². The molecule has 0 aromatic heterocycles. The average molecular weight is 202 g/mol. The third-order valence-electron chi connectivity index (χ3n) is 1.51. The highest BCUT2D eigenvalue weighted by atomic mass is 35.5. The molecule has 2 nitrogen and oxygen atoms in total. The highest BCUT2D eigenvalue weighted by Crippen LogP contribution is 2.04. The Morgan fingerprint density at radius 1 is 1.46 bits per heavy atom. The van der Waals surface area contributed by atoms with Crippen molar-refractivity contribution in [3.8, 4) is 0 Å². The quantitative estimate of drug-likeness (QED) is 0.477. The maximum absolute atomic E-state index is 11.5. The van der Waals surface area contributed by atoms with Crippen LogP contribution in [0.1, 0.15) is 13.3 Å². The zero-order valence-electron chi connectivity index (χ0n) is 8.00. The monoisotopic (exact) mass is 201 g/mol. The molecule has 3 heteroatoms. The van der Waals surface area contributed by atoms with Crippen molar-refractivity contribution in [2.75, 3.05) is 13.1 Å². The maximum atomic E-state index is 11.5. The average Bonchev–Trinajstić information content (AvgIpc) is 2.02. The van der Waals surface area contributed by atoms with E-state index in [1.54, 1.807) is 24.0 Å². The lowest BCUT2D eigenvalue weighted by Crippen LogP contribution is -2.32. The SMILES string of the molecule is C=CCN(CC=C)C(=O)CC(C)Cl. The van der Waals surface area contributed by atoms with Crippen molar-refractivity contribution < 1.29 is 4.79 Å². The molecule has 0 rings (SSSR count). The normalized spacial score (nSPS) is 11.8. The summed E-state index contributed by atoms with van der Waals surface area (Å²) in [7, 11) is 0. The summed E-state index contributed by atoms with van der Waals surface area (Å²) < 4.78 is 0. The van der Waals surface area contributed by atoms with Crippen LogP contribution in [0.3, 0.4) is 0 Å². The number of hydrogen-bond acceptors (Lipinski definition) is 1. The molecule has 0 radical (unpaired) electrons. The van der Waals surface area contributed by atoms with Gasteiger partial charge in [0, 0.05) is 24.9 Å². The van der Waals surface area contributed by atoms with Crippen LogP contribution in [0.2, 0.25) is 0 Å². The second-order valence-corrected chi connectivity index (χ2v) is 3.61. The topological polar surface area (TPSA) is 20.3 Å². The number of halogens is 1. The first-order valence-corrected chi connectivity index (χ1v) is 4.69. The first-order valence-electron chi connectivity index (χ1n) is 4.25. The fourth-order valence-corrected chi connectivity index (χ4v) is 1.09. The van der Waals surface area contributed by atoms with Gasteiger partial charge in [0.15, 0.2) is 0 Å². The largest absolute Gasteiger partial charge is 0.335 e. The van der Waals surface area contributed by atoms with Crippen molar-refractivity contribution in [3.63, 3.8) is 0 Å². The Hall–Kier alpha value is -0.760. The standard InChI is InChI=1S/C10H16ClNO/c1-4-6-12(7-5-2)10(13)8-9(3)11/h4-5,9H,1-2,6-8H2,3H3. The lowest BCUT2D eigenvalue weighted by molar-refractivity contribution is -0.130. The summed E-state index contributed by atoms with van der Waals surface area (Å²) in [4.78, 5) is 13.1. The van der Waals surface area contributed by atoms with E-state index in [-0.39, 0.29) is 11.3 Å². The van der Waals surface area contributed by atoms with Crippen LogP contribution in [0.25, 0.3) is 0 Å². The van der Waals surface area contributed by atoms with Gasteiger partial charge in [0.25, 0.3) is 0 Å². The van der Waals surface area contributed by atoms with Crippen molar-refractivity contribution in [3.05, 3.63) is 25.3 Å². The van der Waals surface area contributed by atoms with Gasteiger partial charge in [-0.05, 0) is 6.92 Å². The van der Waals surface area contributed by atoms with Crippen LogP contribution >= 0.6 is 11.6 Å². The van der Waals surface area contributed by atoms with Gasteiger partial charge < -0.3 is 4.90 Å². The summed E-state index contributed by atoms with van der Waals surface area (Å²) in [6.07, 6.45) is 3.75. The van der Waals surface area contributed by atoms with Gasteiger partial charge in [0.2, 0.25) is 5.91 Å². The van der Waals surface area contributed by atoms with Crippen molar-refractivity contribution >= 4 is 17.5 Å². The van der Waals surface area contributed by atoms with Gasteiger partial charge in [-0.3, -0.25) is 4.79 Å². The fraction of sp³-hybridized carbons (Fsp3) is 0.500. The van der Waals surface area contributed by atoms with Crippen LogP contribution in [0.5, 0.6) is 0 Å². The Morgan fingerprint density at radius 3 is 2.23 bits per heavy atom. The first-order chi connectivity index (χ1) is 6.11. The van der Waals surface area contributed by atoms with Gasteiger partial charge in [-0.15, -0.1) is 24.8 Å². The second-order valence-electron chi connectivity index (χ2n) is 2.86. The molecule has 0 bridgehead atoms. The van der Waals surface area contributed by atoms with Crippen LogP contribution < -0.4 is 0 Å². The molecule has 0 aromatic carbocycles. The third-order valence-corrected chi connectivity index (χ3v) is 1.66. The molecule has 0 fully saturated rings. The van der Waals surface area contributed by atoms with Crippen LogP contribution in [0.4, 0.5) is 0 Å². The molecule has 1 atom stereocenters. The molecule has 74 valence electrons. The number of alkyl halides is 1. The third kappa shape index (κ3) is 5.47. The minimum atomic E-state index is -0.121. The Balaban J connectivity index is 4.09. The smallest absolute Gasteiger partial charge is 0.224 e. The number of amides is 1. The first kappa shape index (κ1) is 12.2. The number of rotatable bonds is 6. The van der Waals surface area contributed by atoms with E-state index in [1.807, 2.05) is 0 Å². The molecule has 0 aliphatic carbocycles. The summed E-state index contributed by atoms with van der Waals surface area (Å²) >= 11 is 5.72. The van der Waals surface area contributed by atoms with Gasteiger partial charge >= 0.3 is 0 Å². The molecule has 0 aliphatic heterocycles. The van der Waals surface area contributed by atoms with Crippen molar-refractivity contribution in [2.45, 2.75) is 18.7 Å². The Kier molecular flexibility index (Phi) is 6.33. The van der Waals surface area contributed by atoms with E-state index >= 15 is 0 Å². The van der Waals surface area contributed by atoms with E-state index in [1.165, 1.54) is 0 Å². The molecule has 13 heavy (non-hydrogen) atoms. The van der Waals surface area contributed by atoms with E-state index < -0.39 is 0 Å². The van der Waals surface area contributed by atoms with E-state index in [0.717, 1.165) is 0 Å². The molecule has 0 saturated heterocycles. The van der Waals surface area contributed by atoms with Crippen LogP contribution in [0.15, 0.2) is 25.3 Å². The number of nitrogens with zero attached hydrogens (tertiary/aromatic N) is 1. The summed E-state index contributed by atoms with van der Waals surface area (Å²) in [6, 6.07) is 0. The van der Waals surface area contributed by atoms with Crippen LogP contribution in [0, 0.1) is 0 Å². The minimum absolute atomic E-state index is 0.0438. The second kappa shape index (κ2) is 6.72. The number of carbonyl (C=O) groups is 1. The summed E-state index contributed by atoms with van der Waals surface area (Å²) in [5.74, 6) is 0.0438. The molecule has 0 heterocycles. The predicted octanol–water partition coefficient (Wildman–Crippen LogP) is 2.20. The van der Waals surface area contributed by atoms with Crippen molar-refractivity contribution in [1.82, 2.24) is 4.90 Å². The van der Waals surface area contributed by atoms with E-state index in [0.29, 0.717) is 19.5 Å². The number of hydrogen-bond donors (Lipinski definition) is 0. The number of carbonyl (C=O) groups excluding carboxylic acids is 1. The zero-order chi connectivity index (χ0) is 10.3. The lowest BCUT2D eigenvalue weighted by atomic mass is 10.3. The van der Waals surface area contributed by atoms with Crippen LogP contribution in [-0.4, -0.2) is 29.3 Å². The fourth-order valence-electron chi connectivity index (χ4n) is 0.960. The van der Waals surface area contributed by atoms with Gasteiger partial charge in [-0.25, -0.2) is 0 Å². The van der Waals surface area contributed by atoms with E-state index in [9.17, 15) is 4.79 Å². The maximum Gasteiger partial charge on any atom is 0.224 e. The zero-order valence-corrected chi connectivity index (χ0v) is 8.76. The predicted molar refractivity (Wildman–Crippen MR) is 56.9 cm³/mol. The Bertz CT molecular complexity index is 179. The molecule has 0 saturated carbocycles. The lowest BCUT2D eigenvalue weighted by Gasteiger charge is -2.19. The van der Waals surface area contributed by atoms with E-state index in [2.05, 4.69) is 13.2 Å². The van der Waals surface area contributed by atoms with Crippen molar-refractivity contribution in [2.24, 2.45) is 0 Å². The van der Waals surface area contributed by atoms with Gasteiger partial charge in [-0.1, -0.05) is 12.2 Å². The summed E-state index contributed by atoms with van der Waals surface area (Å²) in [6.45, 7) is 10.1. The molecule has 0 N–H and O–H groups in total. The van der Waals surface area contributed by atoms with Gasteiger partial charge in [-0.2, -0.15) is 0 Å². The van der Waals surface area contributed by atoms with Gasteiger partial charge in [0.05, 0.1) is 0 Å². The van der Waals surface area contributed by atoms with Gasteiger partial charge in [0.1, 0.15) is 0 Å². The highest BCUT2D eigenvalue weighted by molar-refractivity contribution is 6.21. The molecule has 0 aliphatic rings. The Morgan fingerprint density at radius 2 is 1.92 bits per heavy atom. The highest BCUT2D eigenvalue weighted by Gasteiger charge is 2.12. The molecule has 0 spiro atoms. The molecular weight excluding hydrogens is 186 g/mol. The van der Waals surface area contributed by atoms with Crippen molar-refractivity contribution in [1.29, 1.82) is 0 Å². The molecule has 1 unspecified atom stereocenters. The summed E-state index contributed by atoms with van der Waals surface area (Å²) in [5, 5.41) is -0.121. The minimum Gasteiger partial charge on any atom is -0.335 e.